The van der Waals surface area contributed by atoms with Gasteiger partial charge in [0.15, 0.2) is 0 Å². The molecular formula is C15H13ClN4. The third-order valence-electron chi connectivity index (χ3n) is 3.07. The molecule has 0 saturated heterocycles. The predicted molar refractivity (Wildman–Crippen MR) is 81.0 cm³/mol. The van der Waals surface area contributed by atoms with Gasteiger partial charge in [-0.2, -0.15) is 5.10 Å². The maximum absolute atomic E-state index is 6.14. The first-order valence-corrected chi connectivity index (χ1v) is 6.56. The van der Waals surface area contributed by atoms with Crippen LogP contribution in [0.3, 0.4) is 0 Å². The Morgan fingerprint density at radius 1 is 1.20 bits per heavy atom. The summed E-state index contributed by atoms with van der Waals surface area (Å²) < 4.78 is 1.71. The van der Waals surface area contributed by atoms with E-state index in [2.05, 4.69) is 10.1 Å². The molecule has 0 saturated carbocycles. The molecule has 2 heterocycles. The fraction of sp³-hybridized carbons (Fsp3) is 0.0667. The Hall–Kier alpha value is -2.33. The van der Waals surface area contributed by atoms with Gasteiger partial charge in [0, 0.05) is 11.2 Å². The molecule has 0 aliphatic rings. The molecule has 20 heavy (non-hydrogen) atoms. The SMILES string of the molecule is Cc1ccc(-n2cc(N)c(-c3ccccn3)n2)cc1Cl. The maximum Gasteiger partial charge on any atom is 0.134 e. The number of nitrogen functional groups attached to an aromatic ring is 1. The predicted octanol–water partition coefficient (Wildman–Crippen LogP) is 3.48. The first kappa shape index (κ1) is 12.7. The second kappa shape index (κ2) is 4.98. The number of aryl methyl sites for hydroxylation is 1. The number of rotatable bonds is 2. The Balaban J connectivity index is 2.06. The molecule has 0 unspecified atom stereocenters. The highest BCUT2D eigenvalue weighted by Crippen LogP contribution is 2.25. The lowest BCUT2D eigenvalue weighted by Crippen LogP contribution is -1.95. The Kier molecular flexibility index (Phi) is 3.16. The number of nitrogens with two attached hydrogens (primary N) is 1. The van der Waals surface area contributed by atoms with Crippen LogP contribution in [0.15, 0.2) is 48.8 Å². The maximum atomic E-state index is 6.14. The van der Waals surface area contributed by atoms with Crippen molar-refractivity contribution in [3.8, 4) is 17.1 Å². The topological polar surface area (TPSA) is 56.7 Å². The van der Waals surface area contributed by atoms with Gasteiger partial charge in [0.05, 0.1) is 23.3 Å². The number of halogens is 1. The van der Waals surface area contributed by atoms with Gasteiger partial charge in [-0.05, 0) is 36.8 Å². The molecule has 0 aliphatic carbocycles. The van der Waals surface area contributed by atoms with E-state index in [9.17, 15) is 0 Å². The largest absolute Gasteiger partial charge is 0.396 e. The van der Waals surface area contributed by atoms with Gasteiger partial charge in [-0.1, -0.05) is 23.7 Å². The normalized spacial score (nSPS) is 10.7. The first-order chi connectivity index (χ1) is 9.65. The van der Waals surface area contributed by atoms with Crippen LogP contribution >= 0.6 is 11.6 Å². The third-order valence-corrected chi connectivity index (χ3v) is 3.48. The fourth-order valence-electron chi connectivity index (χ4n) is 1.95. The minimum Gasteiger partial charge on any atom is -0.396 e. The molecule has 4 nitrogen and oxygen atoms in total. The number of anilines is 1. The number of nitrogens with zero attached hydrogens (tertiary/aromatic N) is 3. The van der Waals surface area contributed by atoms with Crippen LogP contribution in [-0.2, 0) is 0 Å². The van der Waals surface area contributed by atoms with Crippen LogP contribution in [0.25, 0.3) is 17.1 Å². The van der Waals surface area contributed by atoms with Crippen LogP contribution in [0.4, 0.5) is 5.69 Å². The lowest BCUT2D eigenvalue weighted by molar-refractivity contribution is 0.882. The van der Waals surface area contributed by atoms with E-state index in [1.165, 1.54) is 0 Å². The molecule has 0 aliphatic heterocycles. The summed E-state index contributed by atoms with van der Waals surface area (Å²) in [6, 6.07) is 11.4. The zero-order chi connectivity index (χ0) is 14.1. The fourth-order valence-corrected chi connectivity index (χ4v) is 2.12. The summed E-state index contributed by atoms with van der Waals surface area (Å²) in [4.78, 5) is 4.27. The van der Waals surface area contributed by atoms with Crippen LogP contribution in [0.2, 0.25) is 5.02 Å². The molecule has 1 aromatic carbocycles. The summed E-state index contributed by atoms with van der Waals surface area (Å²) >= 11 is 6.14. The Bertz CT molecular complexity index is 750. The number of pyridine rings is 1. The highest BCUT2D eigenvalue weighted by Gasteiger charge is 2.11. The minimum absolute atomic E-state index is 0.584. The van der Waals surface area contributed by atoms with E-state index in [4.69, 9.17) is 17.3 Å². The number of hydrogen-bond donors (Lipinski definition) is 1. The molecule has 100 valence electrons. The Labute approximate surface area is 121 Å². The van der Waals surface area contributed by atoms with Crippen molar-refractivity contribution < 1.29 is 0 Å². The minimum atomic E-state index is 0.584. The summed E-state index contributed by atoms with van der Waals surface area (Å²) in [5, 5.41) is 5.20. The third kappa shape index (κ3) is 2.26. The van der Waals surface area contributed by atoms with Gasteiger partial charge < -0.3 is 5.73 Å². The molecule has 0 amide bonds. The second-order valence-electron chi connectivity index (χ2n) is 4.53. The summed E-state index contributed by atoms with van der Waals surface area (Å²) in [6.45, 7) is 1.96. The molecule has 0 spiro atoms. The summed E-state index contributed by atoms with van der Waals surface area (Å²) in [5.74, 6) is 0. The molecule has 3 aromatic rings. The zero-order valence-corrected chi connectivity index (χ0v) is 11.7. The smallest absolute Gasteiger partial charge is 0.134 e. The van der Waals surface area contributed by atoms with Gasteiger partial charge in [0.2, 0.25) is 0 Å². The highest BCUT2D eigenvalue weighted by atomic mass is 35.5. The second-order valence-corrected chi connectivity index (χ2v) is 4.93. The molecule has 3 rings (SSSR count). The van der Waals surface area contributed by atoms with Gasteiger partial charge in [-0.25, -0.2) is 4.68 Å². The van der Waals surface area contributed by atoms with Crippen molar-refractivity contribution in [3.63, 3.8) is 0 Å². The van der Waals surface area contributed by atoms with E-state index >= 15 is 0 Å². The van der Waals surface area contributed by atoms with E-state index in [0.29, 0.717) is 16.4 Å². The number of benzene rings is 1. The average Bonchev–Trinajstić information content (AvgIpc) is 2.85. The van der Waals surface area contributed by atoms with Gasteiger partial charge in [0.25, 0.3) is 0 Å². The molecule has 0 bridgehead atoms. The summed E-state index contributed by atoms with van der Waals surface area (Å²) in [7, 11) is 0. The quantitative estimate of drug-likeness (QED) is 0.784. The molecule has 5 heteroatoms. The van der Waals surface area contributed by atoms with Crippen LogP contribution in [0, 0.1) is 6.92 Å². The van der Waals surface area contributed by atoms with E-state index in [1.807, 2.05) is 43.3 Å². The van der Waals surface area contributed by atoms with Gasteiger partial charge in [-0.15, -0.1) is 0 Å². The molecule has 2 aromatic heterocycles. The van der Waals surface area contributed by atoms with E-state index in [1.54, 1.807) is 17.1 Å². The van der Waals surface area contributed by atoms with Crippen molar-refractivity contribution in [1.29, 1.82) is 0 Å². The van der Waals surface area contributed by atoms with Gasteiger partial charge in [-0.3, -0.25) is 4.98 Å². The van der Waals surface area contributed by atoms with Crippen LogP contribution < -0.4 is 5.73 Å². The first-order valence-electron chi connectivity index (χ1n) is 6.18. The van der Waals surface area contributed by atoms with Crippen LogP contribution in [-0.4, -0.2) is 14.8 Å². The molecule has 0 fully saturated rings. The van der Waals surface area contributed by atoms with Gasteiger partial charge in [0.1, 0.15) is 5.69 Å². The van der Waals surface area contributed by atoms with Crippen molar-refractivity contribution in [2.24, 2.45) is 0 Å². The lowest BCUT2D eigenvalue weighted by atomic mass is 10.2. The summed E-state index contributed by atoms with van der Waals surface area (Å²) in [5.41, 5.74) is 9.92. The van der Waals surface area contributed by atoms with Crippen molar-refractivity contribution in [2.45, 2.75) is 6.92 Å². The van der Waals surface area contributed by atoms with E-state index in [-0.39, 0.29) is 0 Å². The number of aromatic nitrogens is 3. The summed E-state index contributed by atoms with van der Waals surface area (Å²) in [6.07, 6.45) is 3.49. The van der Waals surface area contributed by atoms with Crippen molar-refractivity contribution >= 4 is 17.3 Å². The van der Waals surface area contributed by atoms with Gasteiger partial charge >= 0.3 is 0 Å². The van der Waals surface area contributed by atoms with Crippen LogP contribution in [0.5, 0.6) is 0 Å². The van der Waals surface area contributed by atoms with Crippen LogP contribution in [0.1, 0.15) is 5.56 Å². The molecule has 2 N–H and O–H groups in total. The standard InChI is InChI=1S/C15H13ClN4/c1-10-5-6-11(8-12(10)16)20-9-13(17)15(19-20)14-4-2-3-7-18-14/h2-9H,17H2,1H3. The van der Waals surface area contributed by atoms with E-state index in [0.717, 1.165) is 16.9 Å². The zero-order valence-electron chi connectivity index (χ0n) is 10.9. The average molecular weight is 285 g/mol. The number of hydrogen-bond acceptors (Lipinski definition) is 3. The molecule has 0 radical (unpaired) electrons. The highest BCUT2D eigenvalue weighted by molar-refractivity contribution is 6.31. The van der Waals surface area contributed by atoms with Crippen molar-refractivity contribution in [2.75, 3.05) is 5.73 Å². The van der Waals surface area contributed by atoms with Crippen molar-refractivity contribution in [1.82, 2.24) is 14.8 Å². The molecule has 0 atom stereocenters. The molecular weight excluding hydrogens is 272 g/mol. The Morgan fingerprint density at radius 2 is 2.05 bits per heavy atom. The van der Waals surface area contributed by atoms with Crippen molar-refractivity contribution in [3.05, 3.63) is 59.4 Å². The lowest BCUT2D eigenvalue weighted by Gasteiger charge is -2.03. The van der Waals surface area contributed by atoms with E-state index < -0.39 is 0 Å². The Morgan fingerprint density at radius 3 is 2.75 bits per heavy atom. The monoisotopic (exact) mass is 284 g/mol.